The second-order valence-electron chi connectivity index (χ2n) is 5.75. The average molecular weight is 314 g/mol. The maximum absolute atomic E-state index is 11.5. The van der Waals surface area contributed by atoms with Gasteiger partial charge in [-0.05, 0) is 43.4 Å². The first-order chi connectivity index (χ1) is 11.2. The van der Waals surface area contributed by atoms with Crippen molar-refractivity contribution in [2.75, 3.05) is 25.0 Å². The highest BCUT2D eigenvalue weighted by Gasteiger charge is 2.22. The Morgan fingerprint density at radius 3 is 2.65 bits per heavy atom. The second-order valence-corrected chi connectivity index (χ2v) is 5.75. The molecule has 1 fully saturated rings. The lowest BCUT2D eigenvalue weighted by Gasteiger charge is -2.32. The molecule has 7 heteroatoms. The van der Waals surface area contributed by atoms with Crippen LogP contribution in [0, 0.1) is 0 Å². The number of nitrogens with zero attached hydrogens (tertiary/aromatic N) is 5. The Balaban J connectivity index is 1.61. The summed E-state index contributed by atoms with van der Waals surface area (Å²) in [6, 6.07) is 3.59. The maximum Gasteiger partial charge on any atom is 0.271 e. The minimum atomic E-state index is -0.212. The van der Waals surface area contributed by atoms with E-state index in [1.54, 1.807) is 13.1 Å². The van der Waals surface area contributed by atoms with E-state index in [1.165, 1.54) is 5.56 Å². The van der Waals surface area contributed by atoms with Crippen LogP contribution in [0.3, 0.4) is 0 Å². The molecule has 2 aromatic heterocycles. The number of hydrogen-bond donors (Lipinski definition) is 1. The molecule has 7 nitrogen and oxygen atoms in total. The van der Waals surface area contributed by atoms with Crippen molar-refractivity contribution in [2.24, 2.45) is 0 Å². The number of nitrogens with one attached hydrogen (secondary N) is 1. The molecule has 0 unspecified atom stereocenters. The van der Waals surface area contributed by atoms with E-state index in [-0.39, 0.29) is 5.91 Å². The van der Waals surface area contributed by atoms with Gasteiger partial charge in [-0.15, -0.1) is 10.2 Å². The molecule has 0 radical (unpaired) electrons. The minimum absolute atomic E-state index is 0.212. The molecule has 2 aromatic rings. The van der Waals surface area contributed by atoms with Crippen LogP contribution < -0.4 is 10.2 Å². The van der Waals surface area contributed by atoms with Crippen LogP contribution >= 0.6 is 0 Å². The lowest BCUT2D eigenvalue weighted by atomic mass is 9.91. The summed E-state index contributed by atoms with van der Waals surface area (Å²) in [5.74, 6) is 1.18. The fourth-order valence-electron chi connectivity index (χ4n) is 2.95. The lowest BCUT2D eigenvalue weighted by molar-refractivity contribution is 0.0957. The van der Waals surface area contributed by atoms with Gasteiger partial charge in [-0.25, -0.2) is 0 Å². The highest BCUT2D eigenvalue weighted by atomic mass is 16.1. The highest BCUT2D eigenvalue weighted by molar-refractivity contribution is 5.91. The Hall–Kier alpha value is -2.44. The number of piperidine rings is 1. The first-order valence-corrected chi connectivity index (χ1v) is 8.04. The number of aromatic nitrogens is 4. The van der Waals surface area contributed by atoms with Crippen LogP contribution in [0.5, 0.6) is 0 Å². The molecule has 0 atom stereocenters. The van der Waals surface area contributed by atoms with Crippen LogP contribution in [-0.4, -0.2) is 46.0 Å². The number of hydrogen-bond acceptors (Lipinski definition) is 5. The van der Waals surface area contributed by atoms with Gasteiger partial charge in [0.25, 0.3) is 5.91 Å². The van der Waals surface area contributed by atoms with Crippen LogP contribution in [0.1, 0.15) is 41.7 Å². The molecule has 1 N–H and O–H groups in total. The number of carbonyl (C=O) groups excluding carboxylic acids is 1. The van der Waals surface area contributed by atoms with Gasteiger partial charge in [0, 0.05) is 32.9 Å². The fourth-order valence-corrected chi connectivity index (χ4v) is 2.95. The van der Waals surface area contributed by atoms with Crippen LogP contribution in [-0.2, 0) is 6.54 Å². The molecule has 0 aliphatic carbocycles. The molecular formula is C16H22N6O. The van der Waals surface area contributed by atoms with Crippen molar-refractivity contribution in [1.29, 1.82) is 0 Å². The fraction of sp³-hybridized carbons (Fsp3) is 0.500. The van der Waals surface area contributed by atoms with Crippen LogP contribution in [0.4, 0.5) is 5.82 Å². The van der Waals surface area contributed by atoms with E-state index < -0.39 is 0 Å². The molecule has 1 aliphatic rings. The zero-order valence-corrected chi connectivity index (χ0v) is 13.6. The van der Waals surface area contributed by atoms with E-state index in [4.69, 9.17) is 0 Å². The standard InChI is InChI=1S/C16H22N6O/c1-3-22-11-13(10-18-22)12-6-8-21(9-7-12)15-5-4-14(19-20-15)16(23)17-2/h4-5,10-12H,3,6-9H2,1-2H3,(H,17,23). The van der Waals surface area contributed by atoms with E-state index in [0.717, 1.165) is 38.3 Å². The number of rotatable bonds is 4. The van der Waals surface area contributed by atoms with Gasteiger partial charge < -0.3 is 10.2 Å². The Bertz CT molecular complexity index is 657. The predicted molar refractivity (Wildman–Crippen MR) is 87.5 cm³/mol. The normalized spacial score (nSPS) is 15.7. The summed E-state index contributed by atoms with van der Waals surface area (Å²) < 4.78 is 1.98. The van der Waals surface area contributed by atoms with E-state index >= 15 is 0 Å². The van der Waals surface area contributed by atoms with Gasteiger partial charge in [0.2, 0.25) is 0 Å². The second kappa shape index (κ2) is 6.76. The third kappa shape index (κ3) is 3.33. The Labute approximate surface area is 135 Å². The molecule has 3 rings (SSSR count). The first-order valence-electron chi connectivity index (χ1n) is 8.04. The molecule has 1 saturated heterocycles. The van der Waals surface area contributed by atoms with Gasteiger partial charge >= 0.3 is 0 Å². The molecule has 0 bridgehead atoms. The van der Waals surface area contributed by atoms with Crippen LogP contribution in [0.25, 0.3) is 0 Å². The van der Waals surface area contributed by atoms with Gasteiger partial charge in [-0.3, -0.25) is 9.48 Å². The molecule has 3 heterocycles. The molecule has 0 saturated carbocycles. The minimum Gasteiger partial charge on any atom is -0.355 e. The summed E-state index contributed by atoms with van der Waals surface area (Å²) in [5, 5.41) is 15.1. The molecule has 1 amide bonds. The van der Waals surface area contributed by atoms with Crippen LogP contribution in [0.15, 0.2) is 24.5 Å². The van der Waals surface area contributed by atoms with Gasteiger partial charge in [-0.2, -0.15) is 5.10 Å². The Morgan fingerprint density at radius 1 is 1.30 bits per heavy atom. The van der Waals surface area contributed by atoms with Crippen molar-refractivity contribution in [2.45, 2.75) is 32.2 Å². The van der Waals surface area contributed by atoms with Crippen molar-refractivity contribution in [3.63, 3.8) is 0 Å². The first kappa shape index (κ1) is 15.5. The van der Waals surface area contributed by atoms with Crippen molar-refractivity contribution >= 4 is 11.7 Å². The average Bonchev–Trinajstić information content (AvgIpc) is 3.10. The summed E-state index contributed by atoms with van der Waals surface area (Å²) >= 11 is 0. The number of carbonyl (C=O) groups is 1. The van der Waals surface area contributed by atoms with Gasteiger partial charge in [-0.1, -0.05) is 0 Å². The number of aryl methyl sites for hydroxylation is 1. The van der Waals surface area contributed by atoms with E-state index in [1.807, 2.05) is 16.9 Å². The van der Waals surface area contributed by atoms with E-state index in [9.17, 15) is 4.79 Å². The summed E-state index contributed by atoms with van der Waals surface area (Å²) in [5.41, 5.74) is 1.67. The molecule has 122 valence electrons. The summed E-state index contributed by atoms with van der Waals surface area (Å²) in [6.07, 6.45) is 6.29. The summed E-state index contributed by atoms with van der Waals surface area (Å²) in [4.78, 5) is 13.7. The van der Waals surface area contributed by atoms with Gasteiger partial charge in [0.15, 0.2) is 11.5 Å². The maximum atomic E-state index is 11.5. The number of anilines is 1. The van der Waals surface area contributed by atoms with Gasteiger partial charge in [0.05, 0.1) is 6.20 Å². The third-order valence-corrected chi connectivity index (χ3v) is 4.38. The summed E-state index contributed by atoms with van der Waals surface area (Å²) in [6.45, 7) is 4.89. The molecule has 23 heavy (non-hydrogen) atoms. The topological polar surface area (TPSA) is 75.9 Å². The van der Waals surface area contributed by atoms with Crippen molar-refractivity contribution in [3.8, 4) is 0 Å². The SMILES string of the molecule is CCn1cc(C2CCN(c3ccc(C(=O)NC)nn3)CC2)cn1. The predicted octanol–water partition coefficient (Wildman–Crippen LogP) is 1.44. The van der Waals surface area contributed by atoms with E-state index in [0.29, 0.717) is 11.6 Å². The smallest absolute Gasteiger partial charge is 0.271 e. The molecule has 0 spiro atoms. The molecule has 1 aliphatic heterocycles. The zero-order valence-electron chi connectivity index (χ0n) is 13.6. The molecule has 0 aromatic carbocycles. The van der Waals surface area contributed by atoms with Crippen molar-refractivity contribution in [1.82, 2.24) is 25.3 Å². The van der Waals surface area contributed by atoms with Crippen molar-refractivity contribution in [3.05, 3.63) is 35.8 Å². The van der Waals surface area contributed by atoms with E-state index in [2.05, 4.69) is 38.6 Å². The van der Waals surface area contributed by atoms with Gasteiger partial charge in [0.1, 0.15) is 0 Å². The summed E-state index contributed by atoms with van der Waals surface area (Å²) in [7, 11) is 1.59. The van der Waals surface area contributed by atoms with Crippen LogP contribution in [0.2, 0.25) is 0 Å². The number of amides is 1. The quantitative estimate of drug-likeness (QED) is 0.924. The lowest BCUT2D eigenvalue weighted by Crippen LogP contribution is -2.33. The largest absolute Gasteiger partial charge is 0.355 e. The Kier molecular flexibility index (Phi) is 4.55. The highest BCUT2D eigenvalue weighted by Crippen LogP contribution is 2.29. The third-order valence-electron chi connectivity index (χ3n) is 4.38. The monoisotopic (exact) mass is 314 g/mol. The Morgan fingerprint density at radius 2 is 2.09 bits per heavy atom. The molecular weight excluding hydrogens is 292 g/mol. The van der Waals surface area contributed by atoms with Crippen molar-refractivity contribution < 1.29 is 4.79 Å². The zero-order chi connectivity index (χ0) is 16.2.